The highest BCUT2D eigenvalue weighted by molar-refractivity contribution is 7.89. The first-order valence-electron chi connectivity index (χ1n) is 7.03. The van der Waals surface area contributed by atoms with Gasteiger partial charge in [0.25, 0.3) is 0 Å². The summed E-state index contributed by atoms with van der Waals surface area (Å²) in [6.45, 7) is 3.37. The minimum atomic E-state index is -3.44. The number of sulfonamides is 1. The van der Waals surface area contributed by atoms with Crippen LogP contribution in [-0.2, 0) is 10.0 Å². The third-order valence-corrected chi connectivity index (χ3v) is 6.03. The Balaban J connectivity index is 1.76. The second kappa shape index (κ2) is 5.31. The van der Waals surface area contributed by atoms with Gasteiger partial charge in [-0.05, 0) is 38.4 Å². The lowest BCUT2D eigenvalue weighted by Crippen LogP contribution is -2.37. The number of anilines is 1. The lowest BCUT2D eigenvalue weighted by atomic mass is 10.2. The fraction of sp³-hybridized carbons (Fsp3) is 0.615. The number of hydrogen-bond acceptors (Lipinski definition) is 5. The van der Waals surface area contributed by atoms with Gasteiger partial charge in [0.1, 0.15) is 5.82 Å². The third-order valence-electron chi connectivity index (χ3n) is 4.17. The Labute approximate surface area is 119 Å². The predicted octanol–water partition coefficient (Wildman–Crippen LogP) is 0.523. The molecule has 6 nitrogen and oxygen atoms in total. The molecule has 0 saturated carbocycles. The number of aromatic nitrogens is 1. The van der Waals surface area contributed by atoms with Crippen LogP contribution in [0.15, 0.2) is 23.2 Å². The summed E-state index contributed by atoms with van der Waals surface area (Å²) >= 11 is 0. The van der Waals surface area contributed by atoms with Gasteiger partial charge >= 0.3 is 0 Å². The minimum Gasteiger partial charge on any atom is -0.384 e. The van der Waals surface area contributed by atoms with Gasteiger partial charge < -0.3 is 5.73 Å². The van der Waals surface area contributed by atoms with E-state index < -0.39 is 10.0 Å². The number of hydrogen-bond donors (Lipinski definition) is 1. The minimum absolute atomic E-state index is 0.237. The van der Waals surface area contributed by atoms with E-state index in [-0.39, 0.29) is 10.7 Å². The maximum atomic E-state index is 12.6. The lowest BCUT2D eigenvalue weighted by molar-refractivity contribution is 0.251. The van der Waals surface area contributed by atoms with E-state index in [4.69, 9.17) is 5.73 Å². The van der Waals surface area contributed by atoms with Gasteiger partial charge in [-0.1, -0.05) is 0 Å². The number of pyridine rings is 1. The highest BCUT2D eigenvalue weighted by atomic mass is 32.2. The molecule has 2 saturated heterocycles. The van der Waals surface area contributed by atoms with Crippen molar-refractivity contribution in [3.8, 4) is 0 Å². The zero-order valence-electron chi connectivity index (χ0n) is 11.4. The van der Waals surface area contributed by atoms with Crippen molar-refractivity contribution in [3.63, 3.8) is 0 Å². The molecule has 2 N–H and O–H groups in total. The molecular weight excluding hydrogens is 276 g/mol. The Morgan fingerprint density at radius 1 is 1.25 bits per heavy atom. The maximum Gasteiger partial charge on any atom is 0.243 e. The average molecular weight is 296 g/mol. The van der Waals surface area contributed by atoms with Crippen LogP contribution in [0.2, 0.25) is 0 Å². The number of rotatable bonds is 3. The van der Waals surface area contributed by atoms with Crippen molar-refractivity contribution in [1.29, 1.82) is 0 Å². The molecule has 1 aromatic rings. The molecule has 7 heteroatoms. The Morgan fingerprint density at radius 2 is 2.00 bits per heavy atom. The molecule has 0 spiro atoms. The van der Waals surface area contributed by atoms with Crippen LogP contribution in [0, 0.1) is 0 Å². The van der Waals surface area contributed by atoms with E-state index in [1.165, 1.54) is 31.2 Å². The Hall–Kier alpha value is -1.18. The second-order valence-corrected chi connectivity index (χ2v) is 7.40. The van der Waals surface area contributed by atoms with Gasteiger partial charge in [0.15, 0.2) is 0 Å². The van der Waals surface area contributed by atoms with Gasteiger partial charge in [-0.3, -0.25) is 4.90 Å². The summed E-state index contributed by atoms with van der Waals surface area (Å²) in [6, 6.07) is 3.30. The highest BCUT2D eigenvalue weighted by Gasteiger charge is 2.35. The second-order valence-electron chi connectivity index (χ2n) is 5.47. The quantitative estimate of drug-likeness (QED) is 0.880. The van der Waals surface area contributed by atoms with Crippen LogP contribution in [-0.4, -0.2) is 54.8 Å². The number of likely N-dealkylation sites (tertiary alicyclic amines) is 1. The zero-order chi connectivity index (χ0) is 14.2. The van der Waals surface area contributed by atoms with Crippen molar-refractivity contribution in [2.24, 2.45) is 0 Å². The number of nitrogens with two attached hydrogens (primary N) is 1. The number of nitrogen functional groups attached to an aromatic ring is 1. The highest BCUT2D eigenvalue weighted by Crippen LogP contribution is 2.25. The molecule has 2 aliphatic heterocycles. The first-order chi connectivity index (χ1) is 9.57. The molecular formula is C13H20N4O2S. The van der Waals surface area contributed by atoms with E-state index in [1.807, 2.05) is 0 Å². The lowest BCUT2D eigenvalue weighted by Gasteiger charge is -2.23. The normalized spacial score (nSPS) is 25.3. The smallest absolute Gasteiger partial charge is 0.243 e. The van der Waals surface area contributed by atoms with Crippen molar-refractivity contribution in [2.75, 3.05) is 31.9 Å². The molecule has 0 radical (unpaired) electrons. The summed E-state index contributed by atoms with van der Waals surface area (Å²) in [7, 11) is -3.44. The summed E-state index contributed by atoms with van der Waals surface area (Å²) in [5.41, 5.74) is 5.58. The van der Waals surface area contributed by atoms with Crippen LogP contribution in [0.1, 0.15) is 19.3 Å². The molecule has 1 unspecified atom stereocenters. The van der Waals surface area contributed by atoms with Gasteiger partial charge in [-0.25, -0.2) is 13.4 Å². The topological polar surface area (TPSA) is 79.5 Å². The Kier molecular flexibility index (Phi) is 3.66. The van der Waals surface area contributed by atoms with E-state index >= 15 is 0 Å². The summed E-state index contributed by atoms with van der Waals surface area (Å²) in [5.74, 6) is 0.237. The van der Waals surface area contributed by atoms with Gasteiger partial charge in [-0.15, -0.1) is 0 Å². The monoisotopic (exact) mass is 296 g/mol. The van der Waals surface area contributed by atoms with Crippen LogP contribution < -0.4 is 5.73 Å². The molecule has 1 atom stereocenters. The van der Waals surface area contributed by atoms with E-state index in [0.717, 1.165) is 19.5 Å². The predicted molar refractivity (Wildman–Crippen MR) is 76.6 cm³/mol. The van der Waals surface area contributed by atoms with Gasteiger partial charge in [0.2, 0.25) is 10.0 Å². The van der Waals surface area contributed by atoms with E-state index in [1.54, 1.807) is 4.31 Å². The van der Waals surface area contributed by atoms with Gasteiger partial charge in [0, 0.05) is 31.4 Å². The van der Waals surface area contributed by atoms with Gasteiger partial charge in [0.05, 0.1) is 4.90 Å². The van der Waals surface area contributed by atoms with Crippen molar-refractivity contribution in [1.82, 2.24) is 14.2 Å². The molecule has 2 fully saturated rings. The van der Waals surface area contributed by atoms with Crippen molar-refractivity contribution in [2.45, 2.75) is 30.2 Å². The largest absolute Gasteiger partial charge is 0.384 e. The van der Waals surface area contributed by atoms with Crippen LogP contribution in [0.5, 0.6) is 0 Å². The summed E-state index contributed by atoms with van der Waals surface area (Å²) in [6.07, 6.45) is 4.81. The van der Waals surface area contributed by atoms with Crippen LogP contribution >= 0.6 is 0 Å². The van der Waals surface area contributed by atoms with Gasteiger partial charge in [-0.2, -0.15) is 4.31 Å². The maximum absolute atomic E-state index is 12.6. The van der Waals surface area contributed by atoms with Crippen molar-refractivity contribution < 1.29 is 8.42 Å². The SMILES string of the molecule is Nc1cc(S(=O)(=O)N2CCC(N3CCCC3)C2)ccn1. The average Bonchev–Trinajstić information content (AvgIpc) is 3.10. The molecule has 110 valence electrons. The first-order valence-corrected chi connectivity index (χ1v) is 8.47. The van der Waals surface area contributed by atoms with E-state index in [9.17, 15) is 8.42 Å². The van der Waals surface area contributed by atoms with E-state index in [2.05, 4.69) is 9.88 Å². The molecule has 1 aromatic heterocycles. The first kappa shape index (κ1) is 13.8. The molecule has 0 amide bonds. The molecule has 0 bridgehead atoms. The Morgan fingerprint density at radius 3 is 2.70 bits per heavy atom. The molecule has 20 heavy (non-hydrogen) atoms. The molecule has 2 aliphatic rings. The molecule has 0 aliphatic carbocycles. The summed E-state index contributed by atoms with van der Waals surface area (Å²) in [4.78, 5) is 6.50. The third kappa shape index (κ3) is 2.53. The fourth-order valence-corrected chi connectivity index (χ4v) is 4.59. The molecule has 3 rings (SSSR count). The Bertz CT molecular complexity index is 584. The van der Waals surface area contributed by atoms with Crippen molar-refractivity contribution in [3.05, 3.63) is 18.3 Å². The summed E-state index contributed by atoms with van der Waals surface area (Å²) in [5, 5.41) is 0. The standard InChI is InChI=1S/C13H20N4O2S/c14-13-9-12(3-5-15-13)20(18,19)17-8-4-11(10-17)16-6-1-2-7-16/h3,5,9,11H,1-2,4,6-8,10H2,(H2,14,15). The fourth-order valence-electron chi connectivity index (χ4n) is 3.07. The number of nitrogens with zero attached hydrogens (tertiary/aromatic N) is 3. The van der Waals surface area contributed by atoms with Crippen LogP contribution in [0.25, 0.3) is 0 Å². The summed E-state index contributed by atoms with van der Waals surface area (Å²) < 4.78 is 26.7. The van der Waals surface area contributed by atoms with Crippen molar-refractivity contribution >= 4 is 15.8 Å². The van der Waals surface area contributed by atoms with Crippen LogP contribution in [0.3, 0.4) is 0 Å². The van der Waals surface area contributed by atoms with E-state index in [0.29, 0.717) is 19.1 Å². The molecule has 0 aromatic carbocycles. The molecule has 3 heterocycles. The van der Waals surface area contributed by atoms with Crippen LogP contribution in [0.4, 0.5) is 5.82 Å². The zero-order valence-corrected chi connectivity index (χ0v) is 12.2.